The van der Waals surface area contributed by atoms with Crippen LogP contribution >= 0.6 is 7.60 Å². The van der Waals surface area contributed by atoms with Crippen LogP contribution in [0.1, 0.15) is 19.8 Å². The van der Waals surface area contributed by atoms with E-state index >= 15 is 0 Å². The molecule has 0 aromatic rings. The second-order valence-electron chi connectivity index (χ2n) is 3.37. The highest BCUT2D eigenvalue weighted by molar-refractivity contribution is 7.51. The first-order valence-electron chi connectivity index (χ1n) is 4.42. The lowest BCUT2D eigenvalue weighted by molar-refractivity contribution is -0.137. The van der Waals surface area contributed by atoms with Crippen molar-refractivity contribution in [3.05, 3.63) is 11.6 Å². The van der Waals surface area contributed by atoms with Crippen LogP contribution in [0.2, 0.25) is 0 Å². The van der Waals surface area contributed by atoms with Crippen molar-refractivity contribution in [1.29, 1.82) is 0 Å². The molecule has 0 aromatic carbocycles. The van der Waals surface area contributed by atoms with E-state index < -0.39 is 19.6 Å². The molecule has 0 fully saturated rings. The predicted octanol–water partition coefficient (Wildman–Crippen LogP) is 0.302. The molecule has 0 bridgehead atoms. The number of hydrogen-bond acceptors (Lipinski definition) is 3. The van der Waals surface area contributed by atoms with Crippen LogP contribution in [0.5, 0.6) is 0 Å². The summed E-state index contributed by atoms with van der Waals surface area (Å²) in [5.41, 5.74) is 5.97. The minimum absolute atomic E-state index is 0.194. The first-order valence-corrected chi connectivity index (χ1v) is 6.22. The largest absolute Gasteiger partial charge is 0.480 e. The molecule has 0 unspecified atom stereocenters. The molecule has 0 aromatic heterocycles. The predicted molar refractivity (Wildman–Crippen MR) is 55.5 cm³/mol. The Balaban J connectivity index is 3.99. The number of hydrogen-bond donors (Lipinski definition) is 4. The molecule has 1 atom stereocenters. The van der Waals surface area contributed by atoms with Crippen molar-refractivity contribution in [2.75, 3.05) is 6.16 Å². The summed E-state index contributed by atoms with van der Waals surface area (Å²) < 4.78 is 10.5. The van der Waals surface area contributed by atoms with Gasteiger partial charge in [0.2, 0.25) is 0 Å². The third kappa shape index (κ3) is 8.32. The Labute approximate surface area is 88.0 Å². The molecule has 0 spiro atoms. The number of aliphatic carboxylic acids is 1. The molecule has 88 valence electrons. The maximum Gasteiger partial charge on any atom is 0.325 e. The smallest absolute Gasteiger partial charge is 0.325 e. The fraction of sp³-hybridized carbons (Fsp3) is 0.625. The van der Waals surface area contributed by atoms with E-state index in [1.807, 2.05) is 0 Å². The molecule has 7 heteroatoms. The Morgan fingerprint density at radius 2 is 2.07 bits per heavy atom. The van der Waals surface area contributed by atoms with E-state index in [9.17, 15) is 9.36 Å². The third-order valence-corrected chi connectivity index (χ3v) is 2.67. The number of nitrogens with two attached hydrogens (primary N) is 1. The monoisotopic (exact) mass is 237 g/mol. The topological polar surface area (TPSA) is 121 Å². The zero-order chi connectivity index (χ0) is 12.1. The van der Waals surface area contributed by atoms with Crippen LogP contribution in [-0.2, 0) is 9.36 Å². The van der Waals surface area contributed by atoms with Gasteiger partial charge in [0.05, 0.1) is 6.16 Å². The summed E-state index contributed by atoms with van der Waals surface area (Å²) in [7, 11) is -3.95. The summed E-state index contributed by atoms with van der Waals surface area (Å²) in [6.45, 7) is 1.68. The van der Waals surface area contributed by atoms with E-state index in [1.54, 1.807) is 6.92 Å². The lowest BCUT2D eigenvalue weighted by Gasteiger charge is -2.05. The molecule has 0 amide bonds. The maximum atomic E-state index is 10.5. The van der Waals surface area contributed by atoms with Gasteiger partial charge < -0.3 is 20.6 Å². The van der Waals surface area contributed by atoms with Crippen molar-refractivity contribution in [2.45, 2.75) is 25.8 Å². The highest BCUT2D eigenvalue weighted by Crippen LogP contribution is 2.35. The van der Waals surface area contributed by atoms with Gasteiger partial charge in [0.25, 0.3) is 0 Å². The van der Waals surface area contributed by atoms with Gasteiger partial charge in [-0.15, -0.1) is 0 Å². The van der Waals surface area contributed by atoms with Crippen molar-refractivity contribution >= 4 is 13.6 Å². The number of carboxylic acid groups (broad SMARTS) is 1. The first-order chi connectivity index (χ1) is 6.72. The second kappa shape index (κ2) is 6.02. The molecule has 0 aliphatic heterocycles. The van der Waals surface area contributed by atoms with Gasteiger partial charge >= 0.3 is 13.6 Å². The minimum Gasteiger partial charge on any atom is -0.480 e. The molecule has 0 aliphatic rings. The van der Waals surface area contributed by atoms with Crippen LogP contribution in [0.25, 0.3) is 0 Å². The molecule has 0 saturated carbocycles. The van der Waals surface area contributed by atoms with Gasteiger partial charge in [0, 0.05) is 0 Å². The van der Waals surface area contributed by atoms with Crippen molar-refractivity contribution in [1.82, 2.24) is 0 Å². The van der Waals surface area contributed by atoms with E-state index in [0.29, 0.717) is 12.8 Å². The van der Waals surface area contributed by atoms with Crippen LogP contribution in [0, 0.1) is 0 Å². The molecule has 5 N–H and O–H groups in total. The highest BCUT2D eigenvalue weighted by Gasteiger charge is 2.12. The van der Waals surface area contributed by atoms with Gasteiger partial charge in [-0.3, -0.25) is 9.36 Å². The molecule has 0 radical (unpaired) electrons. The highest BCUT2D eigenvalue weighted by atomic mass is 31.2. The molecule has 6 nitrogen and oxygen atoms in total. The van der Waals surface area contributed by atoms with Crippen molar-refractivity contribution in [3.63, 3.8) is 0 Å². The molecule has 0 rings (SSSR count). The van der Waals surface area contributed by atoms with Crippen LogP contribution in [0.15, 0.2) is 11.6 Å². The Bertz CT molecular complexity index is 295. The van der Waals surface area contributed by atoms with Gasteiger partial charge in [0.15, 0.2) is 0 Å². The lowest BCUT2D eigenvalue weighted by atomic mass is 10.1. The summed E-state index contributed by atoms with van der Waals surface area (Å²) in [6.07, 6.45) is 1.94. The minimum atomic E-state index is -3.95. The van der Waals surface area contributed by atoms with Gasteiger partial charge in [-0.05, 0) is 19.8 Å². The van der Waals surface area contributed by atoms with Crippen LogP contribution in [-0.4, -0.2) is 33.1 Å². The summed E-state index contributed by atoms with van der Waals surface area (Å²) >= 11 is 0. The Kier molecular flexibility index (Phi) is 5.75. The zero-order valence-electron chi connectivity index (χ0n) is 8.46. The van der Waals surface area contributed by atoms with Gasteiger partial charge in [-0.25, -0.2) is 0 Å². The third-order valence-electron chi connectivity index (χ3n) is 1.77. The lowest BCUT2D eigenvalue weighted by Crippen LogP contribution is -2.27. The maximum absolute atomic E-state index is 10.5. The summed E-state index contributed by atoms with van der Waals surface area (Å²) in [5.74, 6) is -1.12. The quantitative estimate of drug-likeness (QED) is 0.389. The number of rotatable bonds is 6. The summed E-state index contributed by atoms with van der Waals surface area (Å²) in [5, 5.41) is 8.49. The van der Waals surface area contributed by atoms with Crippen molar-refractivity contribution in [3.8, 4) is 0 Å². The Morgan fingerprint density at radius 3 is 2.47 bits per heavy atom. The fourth-order valence-corrected chi connectivity index (χ4v) is 1.60. The van der Waals surface area contributed by atoms with E-state index in [-0.39, 0.29) is 6.16 Å². The molecular weight excluding hydrogens is 221 g/mol. The van der Waals surface area contributed by atoms with Crippen LogP contribution < -0.4 is 5.73 Å². The Hall–Kier alpha value is -0.680. The van der Waals surface area contributed by atoms with E-state index in [0.717, 1.165) is 5.57 Å². The average Bonchev–Trinajstić information content (AvgIpc) is 2.01. The number of allylic oxidation sites excluding steroid dienone is 1. The van der Waals surface area contributed by atoms with Crippen molar-refractivity contribution in [2.24, 2.45) is 5.73 Å². The first kappa shape index (κ1) is 14.3. The zero-order valence-corrected chi connectivity index (χ0v) is 9.35. The number of carbonyl (C=O) groups is 1. The molecule has 0 heterocycles. The van der Waals surface area contributed by atoms with Gasteiger partial charge in [0.1, 0.15) is 6.04 Å². The van der Waals surface area contributed by atoms with Crippen molar-refractivity contribution < 1.29 is 24.3 Å². The van der Waals surface area contributed by atoms with Gasteiger partial charge in [-0.1, -0.05) is 11.6 Å². The second-order valence-corrected chi connectivity index (χ2v) is 5.15. The fourth-order valence-electron chi connectivity index (χ4n) is 1.03. The molecule has 15 heavy (non-hydrogen) atoms. The SMILES string of the molecule is C/C(=C\[C@@H](N)C(=O)O)CCCP(=O)(O)O. The summed E-state index contributed by atoms with van der Waals surface area (Å²) in [4.78, 5) is 27.5. The average molecular weight is 237 g/mol. The van der Waals surface area contributed by atoms with Crippen LogP contribution in [0.3, 0.4) is 0 Å². The molecule has 0 saturated heterocycles. The van der Waals surface area contributed by atoms with E-state index in [1.165, 1.54) is 6.08 Å². The van der Waals surface area contributed by atoms with E-state index in [2.05, 4.69) is 0 Å². The number of carboxylic acids is 1. The van der Waals surface area contributed by atoms with Gasteiger partial charge in [-0.2, -0.15) is 0 Å². The van der Waals surface area contributed by atoms with E-state index in [4.69, 9.17) is 20.6 Å². The van der Waals surface area contributed by atoms with Crippen LogP contribution in [0.4, 0.5) is 0 Å². The summed E-state index contributed by atoms with van der Waals surface area (Å²) in [6, 6.07) is -1.06. The molecule has 0 aliphatic carbocycles. The standard InChI is InChI=1S/C8H16NO5P/c1-6(5-7(9)8(10)11)3-2-4-15(12,13)14/h5,7H,2-4,9H2,1H3,(H,10,11)(H2,12,13,14)/b6-5+/t7-/m1/s1. The Morgan fingerprint density at radius 1 is 1.53 bits per heavy atom. The molecular formula is C8H16NO5P. The normalized spacial score (nSPS) is 15.1.